The molecule has 1 N–H and O–H groups in total. The number of benzene rings is 1. The number of Topliss-reactive ketones (excluding diaryl/α,β-unsaturated/α-hetero) is 1. The molecular formula is C20H28O2. The highest BCUT2D eigenvalue weighted by Gasteiger charge is 2.53. The number of hydrogen-bond acceptors (Lipinski definition) is 2. The van der Waals surface area contributed by atoms with Gasteiger partial charge in [0.1, 0.15) is 11.5 Å². The summed E-state index contributed by atoms with van der Waals surface area (Å²) in [6.07, 6.45) is 3.45. The summed E-state index contributed by atoms with van der Waals surface area (Å²) < 4.78 is 0. The number of phenolic OH excluding ortho intramolecular Hbond substituents is 1. The van der Waals surface area contributed by atoms with Gasteiger partial charge in [0.15, 0.2) is 0 Å². The van der Waals surface area contributed by atoms with Gasteiger partial charge >= 0.3 is 0 Å². The molecule has 0 bridgehead atoms. The van der Waals surface area contributed by atoms with Gasteiger partial charge in [-0.15, -0.1) is 0 Å². The van der Waals surface area contributed by atoms with E-state index in [0.717, 1.165) is 30.4 Å². The molecule has 0 unspecified atom stereocenters. The summed E-state index contributed by atoms with van der Waals surface area (Å²) in [5.41, 5.74) is 3.22. The van der Waals surface area contributed by atoms with Gasteiger partial charge in [-0.2, -0.15) is 0 Å². The molecular weight excluding hydrogens is 272 g/mol. The maximum atomic E-state index is 12.4. The lowest BCUT2D eigenvalue weighted by atomic mass is 9.50. The Morgan fingerprint density at radius 3 is 2.50 bits per heavy atom. The van der Waals surface area contributed by atoms with Crippen molar-refractivity contribution in [1.82, 2.24) is 0 Å². The fourth-order valence-corrected chi connectivity index (χ4v) is 5.06. The molecule has 0 radical (unpaired) electrons. The highest BCUT2D eigenvalue weighted by Crippen LogP contribution is 2.57. The second kappa shape index (κ2) is 4.84. The van der Waals surface area contributed by atoms with Crippen LogP contribution >= 0.6 is 0 Å². The number of ketones is 1. The van der Waals surface area contributed by atoms with Gasteiger partial charge in [0.05, 0.1) is 0 Å². The van der Waals surface area contributed by atoms with Gasteiger partial charge < -0.3 is 5.11 Å². The van der Waals surface area contributed by atoms with E-state index < -0.39 is 0 Å². The van der Waals surface area contributed by atoms with E-state index in [-0.39, 0.29) is 10.8 Å². The Bertz CT molecular complexity index is 627. The zero-order chi connectivity index (χ0) is 16.3. The van der Waals surface area contributed by atoms with E-state index in [1.807, 2.05) is 0 Å². The molecule has 0 amide bonds. The Kier molecular flexibility index (Phi) is 3.43. The van der Waals surface area contributed by atoms with Crippen molar-refractivity contribution in [3.63, 3.8) is 0 Å². The first-order chi connectivity index (χ1) is 10.2. The molecule has 2 nitrogen and oxygen atoms in total. The fourth-order valence-electron chi connectivity index (χ4n) is 5.06. The van der Waals surface area contributed by atoms with Crippen LogP contribution in [0.25, 0.3) is 0 Å². The summed E-state index contributed by atoms with van der Waals surface area (Å²) in [5, 5.41) is 10.7. The molecule has 1 aromatic rings. The Balaban J connectivity index is 2.14. The standard InChI is InChI=1S/C20H28O2/c1-12(2)13-6-8-15-14(18(13)22)7-9-16-19(3,4)17(21)10-11-20(15,16)5/h6,8,12,16,22H,7,9-11H2,1-5H3/t16-,20-/m0/s1. The molecule has 2 aliphatic rings. The van der Waals surface area contributed by atoms with Gasteiger partial charge in [-0.05, 0) is 53.2 Å². The Morgan fingerprint density at radius 1 is 1.18 bits per heavy atom. The van der Waals surface area contributed by atoms with Crippen LogP contribution in [0.4, 0.5) is 0 Å². The maximum absolute atomic E-state index is 12.4. The molecule has 0 aromatic heterocycles. The lowest BCUT2D eigenvalue weighted by molar-refractivity contribution is -0.137. The molecule has 2 heteroatoms. The van der Waals surface area contributed by atoms with Crippen molar-refractivity contribution in [2.24, 2.45) is 11.3 Å². The predicted octanol–water partition coefficient (Wildman–Crippen LogP) is 4.72. The molecule has 0 spiro atoms. The molecule has 1 saturated carbocycles. The summed E-state index contributed by atoms with van der Waals surface area (Å²) in [6, 6.07) is 4.32. The van der Waals surface area contributed by atoms with E-state index in [4.69, 9.17) is 0 Å². The SMILES string of the molecule is CC(C)c1ccc2c(c1O)CC[C@H]1C(C)(C)C(=O)CC[C@@]21C. The van der Waals surface area contributed by atoms with Crippen LogP contribution in [0.1, 0.15) is 76.5 Å². The van der Waals surface area contributed by atoms with Crippen molar-refractivity contribution in [3.05, 3.63) is 28.8 Å². The van der Waals surface area contributed by atoms with Crippen LogP contribution in [-0.2, 0) is 16.6 Å². The maximum Gasteiger partial charge on any atom is 0.138 e. The summed E-state index contributed by atoms with van der Waals surface area (Å²) >= 11 is 0. The fraction of sp³-hybridized carbons (Fsp3) is 0.650. The summed E-state index contributed by atoms with van der Waals surface area (Å²) in [6.45, 7) is 10.8. The number of carbonyl (C=O) groups excluding carboxylic acids is 1. The van der Waals surface area contributed by atoms with E-state index in [9.17, 15) is 9.90 Å². The molecule has 22 heavy (non-hydrogen) atoms. The molecule has 1 fully saturated rings. The number of carbonyl (C=O) groups is 1. The minimum absolute atomic E-state index is 0.0119. The molecule has 1 aromatic carbocycles. The van der Waals surface area contributed by atoms with Crippen molar-refractivity contribution in [3.8, 4) is 5.75 Å². The number of hydrogen-bond donors (Lipinski definition) is 1. The molecule has 0 aliphatic heterocycles. The van der Waals surface area contributed by atoms with Crippen molar-refractivity contribution in [2.75, 3.05) is 0 Å². The highest BCUT2D eigenvalue weighted by atomic mass is 16.3. The first-order valence-electron chi connectivity index (χ1n) is 8.58. The van der Waals surface area contributed by atoms with Crippen molar-refractivity contribution < 1.29 is 9.90 Å². The predicted molar refractivity (Wildman–Crippen MR) is 89.4 cm³/mol. The lowest BCUT2D eigenvalue weighted by Crippen LogP contribution is -2.52. The van der Waals surface area contributed by atoms with Crippen LogP contribution in [-0.4, -0.2) is 10.9 Å². The Hall–Kier alpha value is -1.31. The number of aromatic hydroxyl groups is 1. The summed E-state index contributed by atoms with van der Waals surface area (Å²) in [4.78, 5) is 12.4. The second-order valence-electron chi connectivity index (χ2n) is 8.34. The summed E-state index contributed by atoms with van der Waals surface area (Å²) in [7, 11) is 0. The minimum Gasteiger partial charge on any atom is -0.507 e. The molecule has 0 heterocycles. The van der Waals surface area contributed by atoms with Gasteiger partial charge in [-0.1, -0.05) is 46.8 Å². The third-order valence-electron chi connectivity index (χ3n) is 6.46. The quantitative estimate of drug-likeness (QED) is 0.814. The topological polar surface area (TPSA) is 37.3 Å². The zero-order valence-corrected chi connectivity index (χ0v) is 14.5. The highest BCUT2D eigenvalue weighted by molar-refractivity contribution is 5.86. The first-order valence-corrected chi connectivity index (χ1v) is 8.58. The largest absolute Gasteiger partial charge is 0.507 e. The van der Waals surface area contributed by atoms with Crippen molar-refractivity contribution in [1.29, 1.82) is 0 Å². The molecule has 0 saturated heterocycles. The summed E-state index contributed by atoms with van der Waals surface area (Å²) in [5.74, 6) is 1.61. The van der Waals surface area contributed by atoms with E-state index in [2.05, 4.69) is 46.8 Å². The van der Waals surface area contributed by atoms with Crippen LogP contribution in [0.3, 0.4) is 0 Å². The van der Waals surface area contributed by atoms with Gasteiger partial charge in [0.25, 0.3) is 0 Å². The van der Waals surface area contributed by atoms with E-state index in [1.54, 1.807) is 0 Å². The number of rotatable bonds is 1. The second-order valence-corrected chi connectivity index (χ2v) is 8.34. The lowest BCUT2D eigenvalue weighted by Gasteiger charge is -2.53. The van der Waals surface area contributed by atoms with Gasteiger partial charge in [0.2, 0.25) is 0 Å². The van der Waals surface area contributed by atoms with E-state index >= 15 is 0 Å². The van der Waals surface area contributed by atoms with Crippen LogP contribution in [0.2, 0.25) is 0 Å². The van der Waals surface area contributed by atoms with E-state index in [1.165, 1.54) is 5.56 Å². The number of phenols is 1. The smallest absolute Gasteiger partial charge is 0.138 e. The van der Waals surface area contributed by atoms with Crippen molar-refractivity contribution >= 4 is 5.78 Å². The molecule has 2 aliphatic carbocycles. The van der Waals surface area contributed by atoms with E-state index in [0.29, 0.717) is 29.8 Å². The van der Waals surface area contributed by atoms with Crippen LogP contribution in [0.15, 0.2) is 12.1 Å². The average Bonchev–Trinajstić information content (AvgIpc) is 2.44. The Labute approximate surface area is 133 Å². The average molecular weight is 300 g/mol. The number of fused-ring (bicyclic) bond motifs is 3. The van der Waals surface area contributed by atoms with Crippen LogP contribution in [0, 0.1) is 11.3 Å². The van der Waals surface area contributed by atoms with Crippen LogP contribution in [0.5, 0.6) is 5.75 Å². The molecule has 2 atom stereocenters. The van der Waals surface area contributed by atoms with Gasteiger partial charge in [-0.25, -0.2) is 0 Å². The molecule has 120 valence electrons. The zero-order valence-electron chi connectivity index (χ0n) is 14.5. The third-order valence-corrected chi connectivity index (χ3v) is 6.46. The van der Waals surface area contributed by atoms with Gasteiger partial charge in [0, 0.05) is 11.8 Å². The van der Waals surface area contributed by atoms with Crippen molar-refractivity contribution in [2.45, 2.75) is 71.6 Å². The minimum atomic E-state index is -0.253. The third kappa shape index (κ3) is 1.96. The van der Waals surface area contributed by atoms with Crippen LogP contribution < -0.4 is 0 Å². The first kappa shape index (κ1) is 15.6. The van der Waals surface area contributed by atoms with Gasteiger partial charge in [-0.3, -0.25) is 4.79 Å². The molecule has 3 rings (SSSR count). The normalized spacial score (nSPS) is 30.1. The monoisotopic (exact) mass is 300 g/mol. The Morgan fingerprint density at radius 2 is 1.86 bits per heavy atom.